The Morgan fingerprint density at radius 2 is 1.73 bits per heavy atom. The van der Waals surface area contributed by atoms with Gasteiger partial charge in [-0.3, -0.25) is 14.5 Å². The Bertz CT molecular complexity index is 1380. The highest BCUT2D eigenvalue weighted by molar-refractivity contribution is 6.51. The van der Waals surface area contributed by atoms with Gasteiger partial charge in [0.1, 0.15) is 11.5 Å². The third kappa shape index (κ3) is 4.87. The smallest absolute Gasteiger partial charge is 0.300 e. The fraction of sp³-hybridized carbons (Fsp3) is 0.241. The Hall–Kier alpha value is -3.97. The molecule has 0 bridgehead atoms. The highest BCUT2D eigenvalue weighted by Crippen LogP contribution is 2.44. The molecule has 4 rings (SSSR count). The van der Waals surface area contributed by atoms with E-state index in [1.807, 2.05) is 12.1 Å². The number of amides is 1. The van der Waals surface area contributed by atoms with Crippen molar-refractivity contribution in [3.05, 3.63) is 87.9 Å². The summed E-state index contributed by atoms with van der Waals surface area (Å²) in [5.41, 5.74) is 2.22. The van der Waals surface area contributed by atoms with Gasteiger partial charge in [0.2, 0.25) is 0 Å². The van der Waals surface area contributed by atoms with Crippen LogP contribution in [0.1, 0.15) is 49.4 Å². The summed E-state index contributed by atoms with van der Waals surface area (Å²) < 4.78 is 10.8. The van der Waals surface area contributed by atoms with Crippen molar-refractivity contribution in [2.24, 2.45) is 0 Å². The Morgan fingerprint density at radius 3 is 2.35 bits per heavy atom. The van der Waals surface area contributed by atoms with Gasteiger partial charge in [-0.15, -0.1) is 0 Å². The van der Waals surface area contributed by atoms with E-state index in [0.717, 1.165) is 5.56 Å². The van der Waals surface area contributed by atoms with Crippen LogP contribution in [-0.4, -0.2) is 35.6 Å². The van der Waals surface area contributed by atoms with Gasteiger partial charge in [-0.05, 0) is 66.4 Å². The highest BCUT2D eigenvalue weighted by Gasteiger charge is 2.47. The summed E-state index contributed by atoms with van der Waals surface area (Å²) in [7, 11) is 1.44. The normalized spacial score (nSPS) is 16.9. The number of anilines is 1. The third-order valence-electron chi connectivity index (χ3n) is 6.31. The van der Waals surface area contributed by atoms with Gasteiger partial charge in [0.15, 0.2) is 11.5 Å². The number of carbonyl (C=O) groups is 2. The Kier molecular flexibility index (Phi) is 7.45. The van der Waals surface area contributed by atoms with Gasteiger partial charge in [-0.2, -0.15) is 0 Å². The van der Waals surface area contributed by atoms with E-state index in [0.29, 0.717) is 28.6 Å². The number of carbonyl (C=O) groups excluding carboxylic acids is 2. The number of phenolic OH excluding ortho intramolecular Hbond substituents is 1. The second-order valence-electron chi connectivity index (χ2n) is 8.92. The number of benzene rings is 3. The van der Waals surface area contributed by atoms with Crippen LogP contribution in [0.5, 0.6) is 17.2 Å². The number of aliphatic hydroxyl groups is 1. The number of hydrogen-bond donors (Lipinski definition) is 2. The summed E-state index contributed by atoms with van der Waals surface area (Å²) in [5.74, 6) is -1.27. The second-order valence-corrected chi connectivity index (χ2v) is 9.33. The second kappa shape index (κ2) is 10.6. The topological polar surface area (TPSA) is 96.3 Å². The lowest BCUT2D eigenvalue weighted by atomic mass is 9.94. The monoisotopic (exact) mass is 521 g/mol. The predicted octanol–water partition coefficient (Wildman–Crippen LogP) is 6.20. The molecular weight excluding hydrogens is 494 g/mol. The lowest BCUT2D eigenvalue weighted by Gasteiger charge is -2.26. The van der Waals surface area contributed by atoms with Gasteiger partial charge in [0.25, 0.3) is 11.7 Å². The minimum Gasteiger partial charge on any atom is -0.507 e. The standard InChI is InChI=1S/C29H28ClNO6/c1-5-37-24-14-18(9-13-22(24)32)26-25(27(33)19-8-12-21(30)23(15-19)36-4)28(34)29(35)31(26)20-10-6-17(7-11-20)16(2)3/h6-16,26,32-33H,5H2,1-4H3/b27-25-. The van der Waals surface area contributed by atoms with E-state index in [4.69, 9.17) is 21.1 Å². The fourth-order valence-corrected chi connectivity index (χ4v) is 4.56. The molecular formula is C29H28ClNO6. The highest BCUT2D eigenvalue weighted by atomic mass is 35.5. The molecule has 0 aromatic heterocycles. The van der Waals surface area contributed by atoms with Crippen molar-refractivity contribution in [2.45, 2.75) is 32.7 Å². The van der Waals surface area contributed by atoms with Gasteiger partial charge in [0.05, 0.1) is 30.4 Å². The summed E-state index contributed by atoms with van der Waals surface area (Å²) in [6, 6.07) is 15.6. The Labute approximate surface area is 220 Å². The van der Waals surface area contributed by atoms with Crippen molar-refractivity contribution in [2.75, 3.05) is 18.6 Å². The molecule has 3 aromatic rings. The molecule has 1 aliphatic rings. The number of aliphatic hydroxyl groups excluding tert-OH is 1. The van der Waals surface area contributed by atoms with Crippen LogP contribution in [0.4, 0.5) is 5.69 Å². The average molecular weight is 522 g/mol. The summed E-state index contributed by atoms with van der Waals surface area (Å²) >= 11 is 6.15. The number of ether oxygens (including phenoxy) is 2. The molecule has 1 aliphatic heterocycles. The molecule has 8 heteroatoms. The number of methoxy groups -OCH3 is 1. The van der Waals surface area contributed by atoms with Crippen molar-refractivity contribution >= 4 is 34.7 Å². The molecule has 1 amide bonds. The molecule has 1 unspecified atom stereocenters. The molecule has 3 aromatic carbocycles. The number of hydrogen-bond acceptors (Lipinski definition) is 6. The van der Waals surface area contributed by atoms with Gasteiger partial charge in [-0.25, -0.2) is 0 Å². The summed E-state index contributed by atoms with van der Waals surface area (Å²) in [4.78, 5) is 28.2. The van der Waals surface area contributed by atoms with Gasteiger partial charge < -0.3 is 19.7 Å². The first-order valence-electron chi connectivity index (χ1n) is 11.9. The third-order valence-corrected chi connectivity index (χ3v) is 6.62. The summed E-state index contributed by atoms with van der Waals surface area (Å²) in [6.07, 6.45) is 0. The first-order valence-corrected chi connectivity index (χ1v) is 12.3. The number of rotatable bonds is 7. The van der Waals surface area contributed by atoms with Crippen LogP contribution in [-0.2, 0) is 9.59 Å². The first kappa shape index (κ1) is 26.1. The van der Waals surface area contributed by atoms with Crippen molar-refractivity contribution in [1.82, 2.24) is 0 Å². The van der Waals surface area contributed by atoms with E-state index < -0.39 is 17.7 Å². The van der Waals surface area contributed by atoms with Gasteiger partial charge >= 0.3 is 0 Å². The van der Waals surface area contributed by atoms with Crippen LogP contribution in [0.3, 0.4) is 0 Å². The van der Waals surface area contributed by atoms with E-state index in [1.165, 1.54) is 24.1 Å². The molecule has 0 aliphatic carbocycles. The minimum absolute atomic E-state index is 0.0775. The number of aromatic hydroxyl groups is 1. The Balaban J connectivity index is 1.94. The number of nitrogens with zero attached hydrogens (tertiary/aromatic N) is 1. The van der Waals surface area contributed by atoms with Crippen LogP contribution in [0.2, 0.25) is 5.02 Å². The molecule has 1 fully saturated rings. The van der Waals surface area contributed by atoms with Crippen LogP contribution < -0.4 is 14.4 Å². The molecule has 37 heavy (non-hydrogen) atoms. The number of ketones is 1. The van der Waals surface area contributed by atoms with E-state index in [1.54, 1.807) is 43.3 Å². The van der Waals surface area contributed by atoms with Crippen molar-refractivity contribution in [3.8, 4) is 17.2 Å². The summed E-state index contributed by atoms with van der Waals surface area (Å²) in [6.45, 7) is 6.21. The zero-order valence-electron chi connectivity index (χ0n) is 21.0. The SMILES string of the molecule is CCOc1cc(C2/C(=C(/O)c3ccc(Cl)c(OC)c3)C(=O)C(=O)N2c2ccc(C(C)C)cc2)ccc1O. The zero-order valence-corrected chi connectivity index (χ0v) is 21.7. The molecule has 2 N–H and O–H groups in total. The number of halogens is 1. The zero-order chi connectivity index (χ0) is 26.9. The fourth-order valence-electron chi connectivity index (χ4n) is 4.37. The quantitative estimate of drug-likeness (QED) is 0.218. The van der Waals surface area contributed by atoms with E-state index in [2.05, 4.69) is 13.8 Å². The van der Waals surface area contributed by atoms with Crippen molar-refractivity contribution in [3.63, 3.8) is 0 Å². The summed E-state index contributed by atoms with van der Waals surface area (Å²) in [5, 5.41) is 21.9. The molecule has 0 radical (unpaired) electrons. The molecule has 192 valence electrons. The maximum absolute atomic E-state index is 13.4. The predicted molar refractivity (Wildman–Crippen MR) is 143 cm³/mol. The van der Waals surface area contributed by atoms with Crippen molar-refractivity contribution < 1.29 is 29.3 Å². The lowest BCUT2D eigenvalue weighted by Crippen LogP contribution is -2.29. The molecule has 7 nitrogen and oxygen atoms in total. The van der Waals surface area contributed by atoms with Crippen molar-refractivity contribution in [1.29, 1.82) is 0 Å². The lowest BCUT2D eigenvalue weighted by molar-refractivity contribution is -0.132. The number of Topliss-reactive ketones (excluding diaryl/α,β-unsaturated/α-hetero) is 1. The van der Waals surface area contributed by atoms with Crippen LogP contribution >= 0.6 is 11.6 Å². The van der Waals surface area contributed by atoms with Crippen LogP contribution in [0, 0.1) is 0 Å². The van der Waals surface area contributed by atoms with E-state index >= 15 is 0 Å². The minimum atomic E-state index is -0.980. The molecule has 0 spiro atoms. The maximum Gasteiger partial charge on any atom is 0.300 e. The van der Waals surface area contributed by atoms with Crippen LogP contribution in [0.15, 0.2) is 66.2 Å². The largest absolute Gasteiger partial charge is 0.507 e. The van der Waals surface area contributed by atoms with Crippen LogP contribution in [0.25, 0.3) is 5.76 Å². The average Bonchev–Trinajstić information content (AvgIpc) is 3.15. The molecule has 1 atom stereocenters. The van der Waals surface area contributed by atoms with E-state index in [9.17, 15) is 19.8 Å². The number of phenols is 1. The molecule has 1 heterocycles. The maximum atomic E-state index is 13.4. The molecule has 1 saturated heterocycles. The molecule has 0 saturated carbocycles. The Morgan fingerprint density at radius 1 is 1.03 bits per heavy atom. The van der Waals surface area contributed by atoms with Gasteiger partial charge in [0, 0.05) is 11.3 Å². The first-order chi connectivity index (χ1) is 17.7. The van der Waals surface area contributed by atoms with E-state index in [-0.39, 0.29) is 34.3 Å². The van der Waals surface area contributed by atoms with Gasteiger partial charge in [-0.1, -0.05) is 43.6 Å².